The molecule has 2 nitrogen and oxygen atoms in total. The first-order chi connectivity index (χ1) is 7.93. The van der Waals surface area contributed by atoms with E-state index in [1.165, 1.54) is 0 Å². The van der Waals surface area contributed by atoms with Gasteiger partial charge in [0.15, 0.2) is 0 Å². The van der Waals surface area contributed by atoms with E-state index in [0.29, 0.717) is 0 Å². The van der Waals surface area contributed by atoms with Crippen LogP contribution in [0, 0.1) is 0 Å². The molecule has 0 aliphatic heterocycles. The van der Waals surface area contributed by atoms with Gasteiger partial charge in [-0.15, -0.1) is 32.9 Å². The summed E-state index contributed by atoms with van der Waals surface area (Å²) in [5, 5.41) is 12.6. The maximum Gasteiger partial charge on any atom is 0.103 e. The summed E-state index contributed by atoms with van der Waals surface area (Å²) in [5.41, 5.74) is 1.88. The second-order valence-corrected chi connectivity index (χ2v) is 5.15. The number of thiophene rings is 2. The fraction of sp³-hybridized carbons (Fsp3) is 0. The Morgan fingerprint density at radius 1 is 0.688 bits per heavy atom. The molecule has 0 aliphatic rings. The average Bonchev–Trinajstić information content (AvgIpc) is 3.03. The highest BCUT2D eigenvalue weighted by molar-refractivity contribution is 7.13. The fourth-order valence-electron chi connectivity index (χ4n) is 1.44. The third-order valence-corrected chi connectivity index (χ3v) is 4.00. The second-order valence-electron chi connectivity index (χ2n) is 3.26. The Morgan fingerprint density at radius 2 is 1.19 bits per heavy atom. The summed E-state index contributed by atoms with van der Waals surface area (Å²) in [6.07, 6.45) is 0. The summed E-state index contributed by atoms with van der Waals surface area (Å²) in [5.74, 6) is 0. The standard InChI is InChI=1S/C12H8N2S2/c1-3-11(15-7-1)9-5-6-10(14-13-9)12-4-2-8-16-12/h1-8H. The molecule has 0 atom stereocenters. The molecule has 3 aromatic heterocycles. The van der Waals surface area contributed by atoms with Crippen LogP contribution in [-0.2, 0) is 0 Å². The number of hydrogen-bond acceptors (Lipinski definition) is 4. The molecule has 0 fully saturated rings. The van der Waals surface area contributed by atoms with E-state index in [1.807, 2.05) is 35.0 Å². The summed E-state index contributed by atoms with van der Waals surface area (Å²) in [7, 11) is 0. The maximum atomic E-state index is 4.24. The maximum absolute atomic E-state index is 4.24. The molecule has 0 aromatic carbocycles. The molecule has 78 valence electrons. The number of rotatable bonds is 2. The Hall–Kier alpha value is -1.52. The van der Waals surface area contributed by atoms with Crippen LogP contribution in [0.5, 0.6) is 0 Å². The molecule has 0 amide bonds. The highest BCUT2D eigenvalue weighted by Gasteiger charge is 2.03. The minimum atomic E-state index is 0.940. The minimum Gasteiger partial charge on any atom is -0.149 e. The summed E-state index contributed by atoms with van der Waals surface area (Å²) >= 11 is 3.36. The van der Waals surface area contributed by atoms with Crippen molar-refractivity contribution in [1.29, 1.82) is 0 Å². The number of hydrogen-bond donors (Lipinski definition) is 0. The zero-order valence-electron chi connectivity index (χ0n) is 8.33. The molecule has 3 rings (SSSR count). The third kappa shape index (κ3) is 1.77. The largest absolute Gasteiger partial charge is 0.149 e. The molecule has 3 heterocycles. The topological polar surface area (TPSA) is 25.8 Å². The van der Waals surface area contributed by atoms with Gasteiger partial charge < -0.3 is 0 Å². The van der Waals surface area contributed by atoms with E-state index >= 15 is 0 Å². The summed E-state index contributed by atoms with van der Waals surface area (Å²) < 4.78 is 0. The Morgan fingerprint density at radius 3 is 1.50 bits per heavy atom. The molecule has 4 heteroatoms. The van der Waals surface area contributed by atoms with Gasteiger partial charge in [0.2, 0.25) is 0 Å². The Bertz CT molecular complexity index is 500. The van der Waals surface area contributed by atoms with Crippen molar-refractivity contribution in [2.45, 2.75) is 0 Å². The van der Waals surface area contributed by atoms with Gasteiger partial charge in [-0.05, 0) is 35.0 Å². The SMILES string of the molecule is c1csc(-c2ccc(-c3cccs3)nn2)c1. The predicted octanol–water partition coefficient (Wildman–Crippen LogP) is 3.93. The first-order valence-corrected chi connectivity index (χ1v) is 6.61. The van der Waals surface area contributed by atoms with Crippen LogP contribution in [0.25, 0.3) is 21.1 Å². The van der Waals surface area contributed by atoms with Gasteiger partial charge in [-0.1, -0.05) is 12.1 Å². The molecule has 0 N–H and O–H groups in total. The first-order valence-electron chi connectivity index (χ1n) is 4.85. The van der Waals surface area contributed by atoms with E-state index in [0.717, 1.165) is 21.1 Å². The number of nitrogens with zero attached hydrogens (tertiary/aromatic N) is 2. The average molecular weight is 244 g/mol. The lowest BCUT2D eigenvalue weighted by Crippen LogP contribution is -1.87. The molecule has 0 unspecified atom stereocenters. The van der Waals surface area contributed by atoms with Crippen LogP contribution >= 0.6 is 22.7 Å². The minimum absolute atomic E-state index is 0.940. The Labute approximate surface area is 101 Å². The lowest BCUT2D eigenvalue weighted by molar-refractivity contribution is 1.05. The molecule has 0 spiro atoms. The van der Waals surface area contributed by atoms with Crippen molar-refractivity contribution in [2.75, 3.05) is 0 Å². The lowest BCUT2D eigenvalue weighted by atomic mass is 10.3. The summed E-state index contributed by atoms with van der Waals surface area (Å²) in [4.78, 5) is 2.32. The summed E-state index contributed by atoms with van der Waals surface area (Å²) in [6.45, 7) is 0. The number of aromatic nitrogens is 2. The van der Waals surface area contributed by atoms with Gasteiger partial charge in [-0.3, -0.25) is 0 Å². The Balaban J connectivity index is 1.97. The zero-order valence-corrected chi connectivity index (χ0v) is 9.96. The lowest BCUT2D eigenvalue weighted by Gasteiger charge is -1.97. The van der Waals surface area contributed by atoms with Gasteiger partial charge >= 0.3 is 0 Å². The molecule has 0 bridgehead atoms. The van der Waals surface area contributed by atoms with Crippen molar-refractivity contribution < 1.29 is 0 Å². The molecule has 0 saturated heterocycles. The third-order valence-electron chi connectivity index (χ3n) is 2.21. The normalized spacial score (nSPS) is 10.5. The fourth-order valence-corrected chi connectivity index (χ4v) is 2.82. The highest BCUT2D eigenvalue weighted by atomic mass is 32.1. The van der Waals surface area contributed by atoms with Crippen LogP contribution in [0.4, 0.5) is 0 Å². The molecular formula is C12H8N2S2. The van der Waals surface area contributed by atoms with Gasteiger partial charge in [0.1, 0.15) is 11.4 Å². The van der Waals surface area contributed by atoms with Crippen LogP contribution in [0.2, 0.25) is 0 Å². The van der Waals surface area contributed by atoms with Crippen LogP contribution < -0.4 is 0 Å². The van der Waals surface area contributed by atoms with E-state index in [4.69, 9.17) is 0 Å². The van der Waals surface area contributed by atoms with E-state index in [1.54, 1.807) is 22.7 Å². The van der Waals surface area contributed by atoms with E-state index in [-0.39, 0.29) is 0 Å². The van der Waals surface area contributed by atoms with Crippen LogP contribution in [0.1, 0.15) is 0 Å². The smallest absolute Gasteiger partial charge is 0.103 e. The molecular weight excluding hydrogens is 236 g/mol. The molecule has 16 heavy (non-hydrogen) atoms. The van der Waals surface area contributed by atoms with Crippen molar-refractivity contribution in [3.05, 3.63) is 47.2 Å². The van der Waals surface area contributed by atoms with Crippen molar-refractivity contribution >= 4 is 22.7 Å². The van der Waals surface area contributed by atoms with E-state index in [9.17, 15) is 0 Å². The van der Waals surface area contributed by atoms with E-state index in [2.05, 4.69) is 22.3 Å². The van der Waals surface area contributed by atoms with E-state index < -0.39 is 0 Å². The van der Waals surface area contributed by atoms with Crippen LogP contribution in [0.3, 0.4) is 0 Å². The monoisotopic (exact) mass is 244 g/mol. The molecule has 0 aliphatic carbocycles. The molecule has 3 aromatic rings. The van der Waals surface area contributed by atoms with Crippen LogP contribution in [0.15, 0.2) is 47.2 Å². The first kappa shape index (κ1) is 9.69. The van der Waals surface area contributed by atoms with Crippen molar-refractivity contribution in [2.24, 2.45) is 0 Å². The van der Waals surface area contributed by atoms with Gasteiger partial charge in [0.05, 0.1) is 9.75 Å². The van der Waals surface area contributed by atoms with Gasteiger partial charge in [-0.25, -0.2) is 0 Å². The van der Waals surface area contributed by atoms with Crippen LogP contribution in [-0.4, -0.2) is 10.2 Å². The second kappa shape index (κ2) is 4.15. The van der Waals surface area contributed by atoms with Crippen molar-refractivity contribution in [3.8, 4) is 21.1 Å². The van der Waals surface area contributed by atoms with Gasteiger partial charge in [-0.2, -0.15) is 0 Å². The quantitative estimate of drug-likeness (QED) is 0.682. The molecule has 0 saturated carbocycles. The highest BCUT2D eigenvalue weighted by Crippen LogP contribution is 2.25. The summed E-state index contributed by atoms with van der Waals surface area (Å²) in [6, 6.07) is 12.2. The van der Waals surface area contributed by atoms with Crippen molar-refractivity contribution in [3.63, 3.8) is 0 Å². The predicted molar refractivity (Wildman–Crippen MR) is 68.7 cm³/mol. The zero-order chi connectivity index (χ0) is 10.8. The van der Waals surface area contributed by atoms with Crippen molar-refractivity contribution in [1.82, 2.24) is 10.2 Å². The molecule has 0 radical (unpaired) electrons. The van der Waals surface area contributed by atoms with Gasteiger partial charge in [0.25, 0.3) is 0 Å². The van der Waals surface area contributed by atoms with Gasteiger partial charge in [0, 0.05) is 0 Å². The Kier molecular flexibility index (Phi) is 2.52.